The fraction of sp³-hybridized carbons (Fsp3) is 0.800. The van der Waals surface area contributed by atoms with Gasteiger partial charge in [-0.3, -0.25) is 0 Å². The lowest BCUT2D eigenvalue weighted by Gasteiger charge is -2.02. The van der Waals surface area contributed by atoms with E-state index in [1.54, 1.807) is 7.11 Å². The summed E-state index contributed by atoms with van der Waals surface area (Å²) >= 11 is 1.24. The highest BCUT2D eigenvalue weighted by molar-refractivity contribution is 7.11. The summed E-state index contributed by atoms with van der Waals surface area (Å²) < 4.78 is 40.9. The number of hydrogen-bond acceptors (Lipinski definition) is 5. The maximum atomic E-state index is 12.0. The number of halogens is 3. The molecule has 1 N–H and O–H groups in total. The average Bonchev–Trinajstić information content (AvgIpc) is 2.73. The Balaban J connectivity index is 2.22. The third-order valence-electron chi connectivity index (χ3n) is 2.13. The summed E-state index contributed by atoms with van der Waals surface area (Å²) in [5.74, 6) is 0. The number of ether oxygens (including phenoxy) is 1. The molecule has 104 valence electrons. The summed E-state index contributed by atoms with van der Waals surface area (Å²) in [6, 6.07) is 0. The zero-order valence-electron chi connectivity index (χ0n) is 10.1. The second-order valence-corrected chi connectivity index (χ2v) is 4.84. The molecule has 0 aromatic carbocycles. The van der Waals surface area contributed by atoms with Crippen LogP contribution in [0.25, 0.3) is 0 Å². The van der Waals surface area contributed by atoms with E-state index < -0.39 is 12.6 Å². The fourth-order valence-corrected chi connectivity index (χ4v) is 2.08. The minimum atomic E-state index is -4.13. The lowest BCUT2D eigenvalue weighted by molar-refractivity contribution is -0.134. The molecule has 0 atom stereocenters. The van der Waals surface area contributed by atoms with Gasteiger partial charge in [-0.25, -0.2) is 0 Å². The highest BCUT2D eigenvalue weighted by Gasteiger charge is 2.27. The molecule has 0 aliphatic heterocycles. The number of aryl methyl sites for hydroxylation is 1. The van der Waals surface area contributed by atoms with E-state index in [0.717, 1.165) is 18.1 Å². The van der Waals surface area contributed by atoms with Crippen LogP contribution in [0.15, 0.2) is 0 Å². The molecule has 0 spiro atoms. The number of rotatable bonds is 8. The molecule has 8 heteroatoms. The van der Waals surface area contributed by atoms with Crippen LogP contribution < -0.4 is 5.32 Å². The molecule has 4 nitrogen and oxygen atoms in total. The minimum Gasteiger partial charge on any atom is -0.383 e. The molecule has 0 fully saturated rings. The van der Waals surface area contributed by atoms with Crippen molar-refractivity contribution in [1.82, 2.24) is 15.5 Å². The van der Waals surface area contributed by atoms with E-state index in [-0.39, 0.29) is 6.42 Å². The van der Waals surface area contributed by atoms with Gasteiger partial charge in [0.05, 0.1) is 6.61 Å². The molecule has 0 radical (unpaired) electrons. The fourth-order valence-electron chi connectivity index (χ4n) is 1.23. The van der Waals surface area contributed by atoms with Gasteiger partial charge in [0, 0.05) is 39.5 Å². The molecule has 0 bridgehead atoms. The summed E-state index contributed by atoms with van der Waals surface area (Å²) in [5.41, 5.74) is 0. The lowest BCUT2D eigenvalue weighted by Crippen LogP contribution is -2.21. The Hall–Kier alpha value is -0.730. The Kier molecular flexibility index (Phi) is 6.51. The van der Waals surface area contributed by atoms with Crippen LogP contribution in [-0.4, -0.2) is 43.2 Å². The standard InChI is InChI=1S/C10H16F3N3OS/c1-17-7-6-14-5-3-9-16-15-8(18-9)2-4-10(11,12)13/h14H,2-7H2,1H3. The molecule has 0 aliphatic rings. The molecule has 0 unspecified atom stereocenters. The maximum Gasteiger partial charge on any atom is 0.389 e. The van der Waals surface area contributed by atoms with Gasteiger partial charge >= 0.3 is 6.18 Å². The number of aromatic nitrogens is 2. The average molecular weight is 283 g/mol. The third kappa shape index (κ3) is 6.87. The van der Waals surface area contributed by atoms with Gasteiger partial charge in [0.1, 0.15) is 10.0 Å². The highest BCUT2D eigenvalue weighted by atomic mass is 32.1. The maximum absolute atomic E-state index is 12.0. The lowest BCUT2D eigenvalue weighted by atomic mass is 10.3. The van der Waals surface area contributed by atoms with Gasteiger partial charge in [0.25, 0.3) is 0 Å². The smallest absolute Gasteiger partial charge is 0.383 e. The van der Waals surface area contributed by atoms with E-state index in [1.807, 2.05) is 0 Å². The number of hydrogen-bond donors (Lipinski definition) is 1. The van der Waals surface area contributed by atoms with E-state index in [0.29, 0.717) is 18.0 Å². The number of nitrogens with one attached hydrogen (secondary N) is 1. The van der Waals surface area contributed by atoms with Crippen molar-refractivity contribution in [3.8, 4) is 0 Å². The van der Waals surface area contributed by atoms with Crippen molar-refractivity contribution in [3.63, 3.8) is 0 Å². The number of methoxy groups -OCH3 is 1. The molecular weight excluding hydrogens is 267 g/mol. The third-order valence-corrected chi connectivity index (χ3v) is 3.17. The molecule has 0 amide bonds. The zero-order valence-corrected chi connectivity index (χ0v) is 10.9. The molecule has 0 saturated carbocycles. The first-order valence-electron chi connectivity index (χ1n) is 5.59. The molecular formula is C10H16F3N3OS. The minimum absolute atomic E-state index is 0.0850. The Morgan fingerprint density at radius 2 is 1.83 bits per heavy atom. The predicted molar refractivity (Wildman–Crippen MR) is 62.7 cm³/mol. The topological polar surface area (TPSA) is 47.0 Å². The molecule has 1 aromatic rings. The highest BCUT2D eigenvalue weighted by Crippen LogP contribution is 2.23. The van der Waals surface area contributed by atoms with Crippen LogP contribution in [0.3, 0.4) is 0 Å². The summed E-state index contributed by atoms with van der Waals surface area (Å²) in [4.78, 5) is 0. The van der Waals surface area contributed by atoms with Crippen molar-refractivity contribution < 1.29 is 17.9 Å². The zero-order chi connectivity index (χ0) is 13.4. The molecule has 1 rings (SSSR count). The van der Waals surface area contributed by atoms with Gasteiger partial charge in [-0.05, 0) is 0 Å². The summed E-state index contributed by atoms with van der Waals surface area (Å²) in [6.45, 7) is 2.10. The van der Waals surface area contributed by atoms with E-state index in [1.165, 1.54) is 11.3 Å². The summed E-state index contributed by atoms with van der Waals surface area (Å²) in [5, 5.41) is 12.0. The van der Waals surface area contributed by atoms with Gasteiger partial charge in [0.15, 0.2) is 0 Å². The molecule has 0 aliphatic carbocycles. The van der Waals surface area contributed by atoms with Gasteiger partial charge in [-0.15, -0.1) is 21.5 Å². The second-order valence-electron chi connectivity index (χ2n) is 3.70. The largest absolute Gasteiger partial charge is 0.389 e. The molecule has 18 heavy (non-hydrogen) atoms. The first-order chi connectivity index (χ1) is 8.51. The van der Waals surface area contributed by atoms with Crippen molar-refractivity contribution in [1.29, 1.82) is 0 Å². The van der Waals surface area contributed by atoms with Gasteiger partial charge in [-0.2, -0.15) is 13.2 Å². The number of alkyl halides is 3. The Morgan fingerprint density at radius 1 is 1.17 bits per heavy atom. The van der Waals surface area contributed by atoms with Crippen LogP contribution in [0.2, 0.25) is 0 Å². The van der Waals surface area contributed by atoms with E-state index in [9.17, 15) is 13.2 Å². The first kappa shape index (κ1) is 15.3. The number of nitrogens with zero attached hydrogens (tertiary/aromatic N) is 2. The van der Waals surface area contributed by atoms with Crippen LogP contribution in [0.4, 0.5) is 13.2 Å². The summed E-state index contributed by atoms with van der Waals surface area (Å²) in [6.07, 6.45) is -4.38. The van der Waals surface area contributed by atoms with Gasteiger partial charge in [0.2, 0.25) is 0 Å². The molecule has 1 heterocycles. The van der Waals surface area contributed by atoms with Gasteiger partial charge in [-0.1, -0.05) is 0 Å². The van der Waals surface area contributed by atoms with Crippen LogP contribution in [-0.2, 0) is 17.6 Å². The first-order valence-corrected chi connectivity index (χ1v) is 6.40. The van der Waals surface area contributed by atoms with Crippen LogP contribution in [0.1, 0.15) is 16.4 Å². The van der Waals surface area contributed by atoms with Crippen LogP contribution in [0.5, 0.6) is 0 Å². The SMILES string of the molecule is COCCNCCc1nnc(CCC(F)(F)F)s1. The van der Waals surface area contributed by atoms with Crippen molar-refractivity contribution in [2.75, 3.05) is 26.8 Å². The van der Waals surface area contributed by atoms with Crippen LogP contribution in [0, 0.1) is 0 Å². The Labute approximate surface area is 108 Å². The van der Waals surface area contributed by atoms with E-state index in [2.05, 4.69) is 15.5 Å². The monoisotopic (exact) mass is 283 g/mol. The molecule has 1 aromatic heterocycles. The Morgan fingerprint density at radius 3 is 2.44 bits per heavy atom. The normalized spacial score (nSPS) is 12.0. The van der Waals surface area contributed by atoms with Gasteiger partial charge < -0.3 is 10.1 Å². The summed E-state index contributed by atoms with van der Waals surface area (Å²) in [7, 11) is 1.62. The quantitative estimate of drug-likeness (QED) is 0.739. The Bertz CT molecular complexity index is 343. The molecule has 0 saturated heterocycles. The second kappa shape index (κ2) is 7.65. The predicted octanol–water partition coefficient (Wildman–Crippen LogP) is 1.81. The van der Waals surface area contributed by atoms with E-state index in [4.69, 9.17) is 4.74 Å². The van der Waals surface area contributed by atoms with E-state index >= 15 is 0 Å². The van der Waals surface area contributed by atoms with Crippen molar-refractivity contribution in [2.45, 2.75) is 25.4 Å². The van der Waals surface area contributed by atoms with Crippen LogP contribution >= 0.6 is 11.3 Å². The van der Waals surface area contributed by atoms with Crippen molar-refractivity contribution in [3.05, 3.63) is 10.0 Å². The van der Waals surface area contributed by atoms with Crippen molar-refractivity contribution >= 4 is 11.3 Å². The van der Waals surface area contributed by atoms with Crippen molar-refractivity contribution in [2.24, 2.45) is 0 Å².